The van der Waals surface area contributed by atoms with Crippen molar-refractivity contribution in [2.24, 2.45) is 17.3 Å². The summed E-state index contributed by atoms with van der Waals surface area (Å²) in [5, 5.41) is 11.8. The molecule has 0 saturated heterocycles. The number of oxazole rings is 1. The minimum Gasteiger partial charge on any atom is -0.481 e. The van der Waals surface area contributed by atoms with E-state index in [1.807, 2.05) is 0 Å². The fourth-order valence-corrected chi connectivity index (χ4v) is 2.93. The first-order valence-electron chi connectivity index (χ1n) is 8.16. The number of carbonyl (C=O) groups is 2. The van der Waals surface area contributed by atoms with Gasteiger partial charge < -0.3 is 14.8 Å². The molecule has 1 heterocycles. The van der Waals surface area contributed by atoms with Crippen LogP contribution in [0.1, 0.15) is 39.5 Å². The van der Waals surface area contributed by atoms with Crippen molar-refractivity contribution in [1.82, 2.24) is 4.98 Å². The molecule has 1 aliphatic carbocycles. The SMILES string of the molecule is CC(C)(C)Cc1nc2cc(NC(=O)C3CCC3C(=O)O)ccc2o1. The number of carboxylic acid groups (broad SMARTS) is 1. The number of aromatic nitrogens is 1. The third-order valence-electron chi connectivity index (χ3n) is 4.31. The summed E-state index contributed by atoms with van der Waals surface area (Å²) in [6.07, 6.45) is 1.91. The molecule has 3 rings (SSSR count). The number of nitrogens with one attached hydrogen (secondary N) is 1. The zero-order valence-electron chi connectivity index (χ0n) is 14.1. The molecule has 0 bridgehead atoms. The summed E-state index contributed by atoms with van der Waals surface area (Å²) in [6.45, 7) is 6.35. The van der Waals surface area contributed by atoms with Gasteiger partial charge in [0.05, 0.1) is 11.8 Å². The van der Waals surface area contributed by atoms with E-state index in [2.05, 4.69) is 31.1 Å². The number of rotatable bonds is 4. The molecule has 1 aromatic carbocycles. The first-order chi connectivity index (χ1) is 11.2. The Morgan fingerprint density at radius 3 is 2.58 bits per heavy atom. The molecule has 2 atom stereocenters. The molecule has 1 amide bonds. The molecule has 6 heteroatoms. The lowest BCUT2D eigenvalue weighted by atomic mass is 9.73. The summed E-state index contributed by atoms with van der Waals surface area (Å²) in [4.78, 5) is 27.7. The molecular formula is C18H22N2O4. The molecule has 24 heavy (non-hydrogen) atoms. The summed E-state index contributed by atoms with van der Waals surface area (Å²) in [5.41, 5.74) is 2.06. The Labute approximate surface area is 140 Å². The maximum Gasteiger partial charge on any atom is 0.307 e. The summed E-state index contributed by atoms with van der Waals surface area (Å²) in [7, 11) is 0. The van der Waals surface area contributed by atoms with Crippen molar-refractivity contribution in [2.45, 2.75) is 40.0 Å². The Bertz CT molecular complexity index is 788. The van der Waals surface area contributed by atoms with Crippen LogP contribution in [0.15, 0.2) is 22.6 Å². The van der Waals surface area contributed by atoms with Crippen molar-refractivity contribution in [3.63, 3.8) is 0 Å². The Morgan fingerprint density at radius 1 is 1.29 bits per heavy atom. The van der Waals surface area contributed by atoms with Gasteiger partial charge in [-0.05, 0) is 36.5 Å². The van der Waals surface area contributed by atoms with Crippen LogP contribution >= 0.6 is 0 Å². The maximum absolute atomic E-state index is 12.2. The second-order valence-corrected chi connectivity index (χ2v) is 7.65. The van der Waals surface area contributed by atoms with E-state index < -0.39 is 17.8 Å². The van der Waals surface area contributed by atoms with Crippen molar-refractivity contribution in [3.8, 4) is 0 Å². The fraction of sp³-hybridized carbons (Fsp3) is 0.500. The van der Waals surface area contributed by atoms with Crippen LogP contribution in [-0.2, 0) is 16.0 Å². The van der Waals surface area contributed by atoms with Crippen LogP contribution in [0.4, 0.5) is 5.69 Å². The molecule has 2 aromatic rings. The predicted octanol–water partition coefficient (Wildman–Crippen LogP) is 3.47. The minimum atomic E-state index is -0.903. The Morgan fingerprint density at radius 2 is 2.00 bits per heavy atom. The van der Waals surface area contributed by atoms with Gasteiger partial charge in [0, 0.05) is 12.1 Å². The highest BCUT2D eigenvalue weighted by Gasteiger charge is 2.41. The maximum atomic E-state index is 12.2. The molecule has 0 aliphatic heterocycles. The van der Waals surface area contributed by atoms with Crippen LogP contribution in [0.3, 0.4) is 0 Å². The van der Waals surface area contributed by atoms with E-state index in [-0.39, 0.29) is 11.3 Å². The van der Waals surface area contributed by atoms with Crippen molar-refractivity contribution in [1.29, 1.82) is 0 Å². The van der Waals surface area contributed by atoms with Crippen molar-refractivity contribution in [3.05, 3.63) is 24.1 Å². The van der Waals surface area contributed by atoms with E-state index >= 15 is 0 Å². The summed E-state index contributed by atoms with van der Waals surface area (Å²) in [5.74, 6) is -1.50. The third-order valence-corrected chi connectivity index (χ3v) is 4.31. The number of amides is 1. The Balaban J connectivity index is 1.74. The molecule has 128 valence electrons. The molecular weight excluding hydrogens is 308 g/mol. The average molecular weight is 330 g/mol. The van der Waals surface area contributed by atoms with E-state index in [0.717, 1.165) is 6.42 Å². The van der Waals surface area contributed by atoms with Crippen LogP contribution in [0.2, 0.25) is 0 Å². The van der Waals surface area contributed by atoms with Gasteiger partial charge >= 0.3 is 5.97 Å². The van der Waals surface area contributed by atoms with Crippen LogP contribution in [-0.4, -0.2) is 22.0 Å². The summed E-state index contributed by atoms with van der Waals surface area (Å²) >= 11 is 0. The molecule has 6 nitrogen and oxygen atoms in total. The van der Waals surface area contributed by atoms with Gasteiger partial charge in [-0.25, -0.2) is 4.98 Å². The van der Waals surface area contributed by atoms with Gasteiger partial charge in [-0.2, -0.15) is 0 Å². The van der Waals surface area contributed by atoms with Crippen molar-refractivity contribution in [2.75, 3.05) is 5.32 Å². The number of carboxylic acids is 1. The molecule has 2 unspecified atom stereocenters. The number of anilines is 1. The van der Waals surface area contributed by atoms with Gasteiger partial charge in [0.2, 0.25) is 5.91 Å². The molecule has 1 aromatic heterocycles. The second-order valence-electron chi connectivity index (χ2n) is 7.65. The average Bonchev–Trinajstić information content (AvgIpc) is 2.75. The lowest BCUT2D eigenvalue weighted by molar-refractivity contribution is -0.151. The number of nitrogens with zero attached hydrogens (tertiary/aromatic N) is 1. The molecule has 1 fully saturated rings. The summed E-state index contributed by atoms with van der Waals surface area (Å²) in [6, 6.07) is 5.29. The largest absolute Gasteiger partial charge is 0.481 e. The van der Waals surface area contributed by atoms with Gasteiger partial charge in [0.15, 0.2) is 11.5 Å². The van der Waals surface area contributed by atoms with E-state index in [0.29, 0.717) is 35.5 Å². The van der Waals surface area contributed by atoms with Crippen LogP contribution in [0.25, 0.3) is 11.1 Å². The number of carbonyl (C=O) groups excluding carboxylic acids is 1. The van der Waals surface area contributed by atoms with E-state index in [1.165, 1.54) is 0 Å². The Hall–Kier alpha value is -2.37. The number of aliphatic carboxylic acids is 1. The first-order valence-corrected chi connectivity index (χ1v) is 8.16. The van der Waals surface area contributed by atoms with Crippen LogP contribution in [0, 0.1) is 17.3 Å². The van der Waals surface area contributed by atoms with Crippen LogP contribution < -0.4 is 5.32 Å². The number of fused-ring (bicyclic) bond motifs is 1. The smallest absolute Gasteiger partial charge is 0.307 e. The lowest BCUT2D eigenvalue weighted by Gasteiger charge is -2.31. The third kappa shape index (κ3) is 3.42. The van der Waals surface area contributed by atoms with E-state index in [9.17, 15) is 9.59 Å². The zero-order valence-corrected chi connectivity index (χ0v) is 14.1. The Kier molecular flexibility index (Phi) is 4.07. The topological polar surface area (TPSA) is 92.4 Å². The van der Waals surface area contributed by atoms with Crippen LogP contribution in [0.5, 0.6) is 0 Å². The molecule has 0 radical (unpaired) electrons. The van der Waals surface area contributed by atoms with Gasteiger partial charge in [-0.3, -0.25) is 9.59 Å². The standard InChI is InChI=1S/C18H22N2O4/c1-18(2,3)9-15-20-13-8-10(4-7-14(13)24-15)19-16(21)11-5-6-12(11)17(22)23/h4,7-8,11-12H,5-6,9H2,1-3H3,(H,19,21)(H,22,23). The normalized spacial score (nSPS) is 20.6. The number of benzene rings is 1. The highest BCUT2D eigenvalue weighted by Crippen LogP contribution is 2.35. The second kappa shape index (κ2) is 5.92. The molecule has 1 saturated carbocycles. The van der Waals surface area contributed by atoms with Gasteiger partial charge in [-0.15, -0.1) is 0 Å². The van der Waals surface area contributed by atoms with E-state index in [4.69, 9.17) is 9.52 Å². The lowest BCUT2D eigenvalue weighted by Crippen LogP contribution is -2.41. The van der Waals surface area contributed by atoms with Crippen molar-refractivity contribution >= 4 is 28.7 Å². The zero-order chi connectivity index (χ0) is 17.5. The molecule has 1 aliphatic rings. The first kappa shape index (κ1) is 16.5. The van der Waals surface area contributed by atoms with E-state index in [1.54, 1.807) is 18.2 Å². The fourth-order valence-electron chi connectivity index (χ4n) is 2.93. The highest BCUT2D eigenvalue weighted by atomic mass is 16.4. The van der Waals surface area contributed by atoms with Crippen molar-refractivity contribution < 1.29 is 19.1 Å². The monoisotopic (exact) mass is 330 g/mol. The molecule has 0 spiro atoms. The predicted molar refractivity (Wildman–Crippen MR) is 89.6 cm³/mol. The number of hydrogen-bond donors (Lipinski definition) is 2. The highest BCUT2D eigenvalue weighted by molar-refractivity contribution is 5.97. The minimum absolute atomic E-state index is 0.0774. The summed E-state index contributed by atoms with van der Waals surface area (Å²) < 4.78 is 5.73. The molecule has 2 N–H and O–H groups in total. The number of hydrogen-bond acceptors (Lipinski definition) is 4. The van der Waals surface area contributed by atoms with Gasteiger partial charge in [0.25, 0.3) is 0 Å². The van der Waals surface area contributed by atoms with Gasteiger partial charge in [-0.1, -0.05) is 20.8 Å². The quantitative estimate of drug-likeness (QED) is 0.895. The van der Waals surface area contributed by atoms with Gasteiger partial charge in [0.1, 0.15) is 5.52 Å².